The molecule has 6 heteroatoms. The fraction of sp³-hybridized carbons (Fsp3) is 0.733. The van der Waals surface area contributed by atoms with E-state index in [-0.39, 0.29) is 16.8 Å². The molecule has 0 aliphatic carbocycles. The van der Waals surface area contributed by atoms with Gasteiger partial charge in [-0.25, -0.2) is 8.42 Å². The zero-order valence-electron chi connectivity index (χ0n) is 13.6. The van der Waals surface area contributed by atoms with E-state index in [9.17, 15) is 8.42 Å². The standard InChI is InChI=1S/C15H26ClNO3S/c1-6-7-8-9-17(11(2)3)21(18,19)15-13(5)20-12(4)14(15)10-16/h11H,6-10H2,1-5H3. The van der Waals surface area contributed by atoms with E-state index in [2.05, 4.69) is 6.92 Å². The summed E-state index contributed by atoms with van der Waals surface area (Å²) in [5.41, 5.74) is 0.579. The molecule has 0 aliphatic rings. The highest BCUT2D eigenvalue weighted by Gasteiger charge is 2.33. The van der Waals surface area contributed by atoms with Crippen molar-refractivity contribution in [3.8, 4) is 0 Å². The van der Waals surface area contributed by atoms with Gasteiger partial charge in [0, 0.05) is 18.2 Å². The number of furan rings is 1. The Morgan fingerprint density at radius 1 is 1.19 bits per heavy atom. The first-order valence-corrected chi connectivity index (χ1v) is 9.41. The summed E-state index contributed by atoms with van der Waals surface area (Å²) in [5, 5.41) is 0. The smallest absolute Gasteiger partial charge is 0.247 e. The van der Waals surface area contributed by atoms with Gasteiger partial charge in [-0.2, -0.15) is 4.31 Å². The molecule has 0 atom stereocenters. The molecule has 0 fully saturated rings. The van der Waals surface area contributed by atoms with Crippen molar-refractivity contribution >= 4 is 21.6 Å². The molecule has 1 rings (SSSR count). The van der Waals surface area contributed by atoms with Crippen LogP contribution in [0.3, 0.4) is 0 Å². The number of rotatable bonds is 8. The largest absolute Gasteiger partial charge is 0.465 e. The van der Waals surface area contributed by atoms with Crippen LogP contribution in [0.25, 0.3) is 0 Å². The van der Waals surface area contributed by atoms with E-state index in [0.29, 0.717) is 23.6 Å². The SMILES string of the molecule is CCCCCN(C(C)C)S(=O)(=O)c1c(C)oc(C)c1CCl. The highest BCUT2D eigenvalue weighted by atomic mass is 35.5. The van der Waals surface area contributed by atoms with Crippen LogP contribution in [-0.2, 0) is 15.9 Å². The van der Waals surface area contributed by atoms with Crippen molar-refractivity contribution in [3.05, 3.63) is 17.1 Å². The zero-order valence-corrected chi connectivity index (χ0v) is 15.1. The Hall–Kier alpha value is -0.520. The van der Waals surface area contributed by atoms with Gasteiger partial charge in [-0.05, 0) is 34.1 Å². The lowest BCUT2D eigenvalue weighted by Gasteiger charge is -2.26. The van der Waals surface area contributed by atoms with Crippen LogP contribution in [0.4, 0.5) is 0 Å². The zero-order chi connectivity index (χ0) is 16.2. The predicted octanol–water partition coefficient (Wildman–Crippen LogP) is 4.22. The minimum absolute atomic E-state index is 0.0929. The van der Waals surface area contributed by atoms with E-state index >= 15 is 0 Å². The van der Waals surface area contributed by atoms with Gasteiger partial charge < -0.3 is 4.42 Å². The number of aryl methyl sites for hydroxylation is 2. The van der Waals surface area contributed by atoms with Gasteiger partial charge in [0.1, 0.15) is 16.4 Å². The van der Waals surface area contributed by atoms with E-state index in [1.807, 2.05) is 13.8 Å². The average molecular weight is 336 g/mol. The molecule has 0 saturated heterocycles. The summed E-state index contributed by atoms with van der Waals surface area (Å²) < 4.78 is 33.0. The Balaban J connectivity index is 3.23. The molecule has 1 aromatic rings. The fourth-order valence-corrected chi connectivity index (χ4v) is 4.99. The summed E-state index contributed by atoms with van der Waals surface area (Å²) >= 11 is 5.92. The van der Waals surface area contributed by atoms with Crippen molar-refractivity contribution in [2.24, 2.45) is 0 Å². The van der Waals surface area contributed by atoms with Crippen molar-refractivity contribution < 1.29 is 12.8 Å². The molecule has 0 unspecified atom stereocenters. The fourth-order valence-electron chi connectivity index (χ4n) is 2.49. The third-order valence-corrected chi connectivity index (χ3v) is 6.12. The molecule has 122 valence electrons. The highest BCUT2D eigenvalue weighted by molar-refractivity contribution is 7.89. The number of alkyl halides is 1. The van der Waals surface area contributed by atoms with Crippen LogP contribution < -0.4 is 0 Å². The lowest BCUT2D eigenvalue weighted by molar-refractivity contribution is 0.344. The molecule has 0 bridgehead atoms. The maximum Gasteiger partial charge on any atom is 0.247 e. The predicted molar refractivity (Wildman–Crippen MR) is 86.3 cm³/mol. The molecule has 0 aliphatic heterocycles. The monoisotopic (exact) mass is 335 g/mol. The van der Waals surface area contributed by atoms with Crippen LogP contribution in [0.15, 0.2) is 9.31 Å². The summed E-state index contributed by atoms with van der Waals surface area (Å²) in [6.07, 6.45) is 2.94. The summed E-state index contributed by atoms with van der Waals surface area (Å²) in [5.74, 6) is 1.14. The van der Waals surface area contributed by atoms with Gasteiger partial charge in [-0.1, -0.05) is 19.8 Å². The van der Waals surface area contributed by atoms with Crippen LogP contribution >= 0.6 is 11.6 Å². The van der Waals surface area contributed by atoms with E-state index in [4.69, 9.17) is 16.0 Å². The van der Waals surface area contributed by atoms with Gasteiger partial charge in [0.05, 0.1) is 5.88 Å². The van der Waals surface area contributed by atoms with Crippen LogP contribution in [0.5, 0.6) is 0 Å². The van der Waals surface area contributed by atoms with Crippen molar-refractivity contribution in [1.29, 1.82) is 0 Å². The second-order valence-electron chi connectivity index (χ2n) is 5.57. The summed E-state index contributed by atoms with van der Waals surface area (Å²) in [6.45, 7) is 9.85. The Bertz CT molecular complexity index is 564. The number of nitrogens with zero attached hydrogens (tertiary/aromatic N) is 1. The molecular weight excluding hydrogens is 310 g/mol. The summed E-state index contributed by atoms with van der Waals surface area (Å²) in [4.78, 5) is 0.250. The first kappa shape index (κ1) is 18.5. The normalized spacial score (nSPS) is 12.6. The Morgan fingerprint density at radius 3 is 2.29 bits per heavy atom. The average Bonchev–Trinajstić information content (AvgIpc) is 2.68. The van der Waals surface area contributed by atoms with Crippen LogP contribution in [0.1, 0.15) is 57.1 Å². The summed E-state index contributed by atoms with van der Waals surface area (Å²) in [7, 11) is -3.58. The molecule has 0 N–H and O–H groups in total. The van der Waals surface area contributed by atoms with Gasteiger partial charge in [0.25, 0.3) is 0 Å². The number of hydrogen-bond donors (Lipinski definition) is 0. The summed E-state index contributed by atoms with van der Waals surface area (Å²) in [6, 6.07) is -0.0929. The van der Waals surface area contributed by atoms with Gasteiger partial charge in [0.2, 0.25) is 10.0 Å². The maximum absolute atomic E-state index is 13.0. The van der Waals surface area contributed by atoms with E-state index in [1.54, 1.807) is 18.2 Å². The second kappa shape index (κ2) is 7.65. The molecule has 0 amide bonds. The molecule has 4 nitrogen and oxygen atoms in total. The molecule has 0 aromatic carbocycles. The first-order chi connectivity index (χ1) is 9.77. The van der Waals surface area contributed by atoms with Crippen molar-refractivity contribution in [1.82, 2.24) is 4.31 Å². The van der Waals surface area contributed by atoms with Gasteiger partial charge >= 0.3 is 0 Å². The molecule has 1 aromatic heterocycles. The molecular formula is C15H26ClNO3S. The Morgan fingerprint density at radius 2 is 1.81 bits per heavy atom. The number of unbranched alkanes of at least 4 members (excludes halogenated alkanes) is 2. The van der Waals surface area contributed by atoms with Crippen molar-refractivity contribution in [2.45, 2.75) is 70.7 Å². The van der Waals surface area contributed by atoms with Gasteiger partial charge in [0.15, 0.2) is 0 Å². The lowest BCUT2D eigenvalue weighted by atomic mass is 10.2. The van der Waals surface area contributed by atoms with Crippen LogP contribution in [0.2, 0.25) is 0 Å². The van der Waals surface area contributed by atoms with Gasteiger partial charge in [-0.15, -0.1) is 11.6 Å². The minimum Gasteiger partial charge on any atom is -0.465 e. The Labute approximate surface area is 133 Å². The van der Waals surface area contributed by atoms with Crippen molar-refractivity contribution in [2.75, 3.05) is 6.54 Å². The molecule has 0 saturated carbocycles. The Kier molecular flexibility index (Phi) is 6.75. The number of halogens is 1. The van der Waals surface area contributed by atoms with Crippen molar-refractivity contribution in [3.63, 3.8) is 0 Å². The van der Waals surface area contributed by atoms with E-state index in [0.717, 1.165) is 19.3 Å². The lowest BCUT2D eigenvalue weighted by Crippen LogP contribution is -2.38. The molecule has 0 spiro atoms. The quantitative estimate of drug-likeness (QED) is 0.527. The molecule has 21 heavy (non-hydrogen) atoms. The minimum atomic E-state index is -3.58. The third-order valence-electron chi connectivity index (χ3n) is 3.58. The number of hydrogen-bond acceptors (Lipinski definition) is 3. The molecule has 0 radical (unpaired) electrons. The number of sulfonamides is 1. The highest BCUT2D eigenvalue weighted by Crippen LogP contribution is 2.31. The topological polar surface area (TPSA) is 50.5 Å². The first-order valence-electron chi connectivity index (χ1n) is 7.44. The maximum atomic E-state index is 13.0. The third kappa shape index (κ3) is 4.02. The van der Waals surface area contributed by atoms with E-state index in [1.165, 1.54) is 0 Å². The molecule has 1 heterocycles. The van der Waals surface area contributed by atoms with Crippen LogP contribution in [-0.4, -0.2) is 25.3 Å². The van der Waals surface area contributed by atoms with E-state index < -0.39 is 10.0 Å². The van der Waals surface area contributed by atoms with Crippen LogP contribution in [0, 0.1) is 13.8 Å². The van der Waals surface area contributed by atoms with Gasteiger partial charge in [-0.3, -0.25) is 0 Å². The second-order valence-corrected chi connectivity index (χ2v) is 7.67.